The molecule has 142 valence electrons. The topological polar surface area (TPSA) is 68.1 Å². The van der Waals surface area contributed by atoms with Crippen molar-refractivity contribution in [2.45, 2.75) is 49.5 Å². The highest BCUT2D eigenvalue weighted by molar-refractivity contribution is 7.90. The third kappa shape index (κ3) is 3.87. The molecule has 0 saturated heterocycles. The maximum Gasteiger partial charge on any atom is 0.282 e. The van der Waals surface area contributed by atoms with Gasteiger partial charge in [0.1, 0.15) is 11.5 Å². The van der Waals surface area contributed by atoms with Crippen LogP contribution in [0.25, 0.3) is 5.82 Å². The van der Waals surface area contributed by atoms with Gasteiger partial charge in [0.15, 0.2) is 15.7 Å². The average Bonchev–Trinajstić information content (AvgIpc) is 3.07. The van der Waals surface area contributed by atoms with Crippen LogP contribution >= 0.6 is 0 Å². The fourth-order valence-electron chi connectivity index (χ4n) is 3.29. The van der Waals surface area contributed by atoms with Crippen LogP contribution in [0.1, 0.15) is 44.2 Å². The molecule has 1 saturated carbocycles. The zero-order chi connectivity index (χ0) is 18.9. The minimum absolute atomic E-state index is 0.0738. The van der Waals surface area contributed by atoms with Crippen LogP contribution in [-0.2, 0) is 9.84 Å². The van der Waals surface area contributed by atoms with Crippen molar-refractivity contribution in [3.05, 3.63) is 30.1 Å². The van der Waals surface area contributed by atoms with E-state index in [4.69, 9.17) is 0 Å². The first-order valence-corrected chi connectivity index (χ1v) is 10.4. The predicted molar refractivity (Wildman–Crippen MR) is 94.7 cm³/mol. The highest BCUT2D eigenvalue weighted by atomic mass is 32.2. The summed E-state index contributed by atoms with van der Waals surface area (Å²) >= 11 is 0. The van der Waals surface area contributed by atoms with Gasteiger partial charge in [-0.3, -0.25) is 0 Å². The third-order valence-corrected chi connectivity index (χ3v) is 5.88. The molecule has 1 fully saturated rings. The van der Waals surface area contributed by atoms with E-state index >= 15 is 0 Å². The third-order valence-electron chi connectivity index (χ3n) is 4.78. The first-order chi connectivity index (χ1) is 12.3. The molecule has 6 nitrogen and oxygen atoms in total. The zero-order valence-corrected chi connectivity index (χ0v) is 15.6. The Morgan fingerprint density at radius 3 is 2.46 bits per heavy atom. The Labute approximate surface area is 151 Å². The summed E-state index contributed by atoms with van der Waals surface area (Å²) < 4.78 is 51.0. The molecule has 0 unspecified atom stereocenters. The van der Waals surface area contributed by atoms with Gasteiger partial charge in [-0.05, 0) is 25.0 Å². The minimum atomic E-state index is -3.38. The summed E-state index contributed by atoms with van der Waals surface area (Å²) in [5, 5.41) is 4.00. The van der Waals surface area contributed by atoms with E-state index in [1.807, 2.05) is 11.9 Å². The molecular formula is C17H22F2N4O2S. The van der Waals surface area contributed by atoms with Crippen LogP contribution < -0.4 is 4.90 Å². The average molecular weight is 384 g/mol. The number of hydrogen-bond acceptors (Lipinski definition) is 5. The predicted octanol–water partition coefficient (Wildman–Crippen LogP) is 3.38. The number of rotatable bonds is 5. The van der Waals surface area contributed by atoms with Gasteiger partial charge in [-0.15, -0.1) is 0 Å². The van der Waals surface area contributed by atoms with Gasteiger partial charge in [-0.25, -0.2) is 22.2 Å². The Hall–Kier alpha value is -2.03. The van der Waals surface area contributed by atoms with Crippen LogP contribution in [0.2, 0.25) is 0 Å². The smallest absolute Gasteiger partial charge is 0.282 e. The monoisotopic (exact) mass is 384 g/mol. The molecule has 0 N–H and O–H groups in total. The van der Waals surface area contributed by atoms with Crippen LogP contribution in [0.5, 0.6) is 0 Å². The Kier molecular flexibility index (Phi) is 5.27. The lowest BCUT2D eigenvalue weighted by atomic mass is 9.94. The summed E-state index contributed by atoms with van der Waals surface area (Å²) in [6.45, 7) is 0. The maximum absolute atomic E-state index is 13.2. The first-order valence-electron chi connectivity index (χ1n) is 8.55. The molecule has 0 radical (unpaired) electrons. The Morgan fingerprint density at radius 2 is 1.92 bits per heavy atom. The number of sulfone groups is 1. The van der Waals surface area contributed by atoms with Crippen molar-refractivity contribution < 1.29 is 17.2 Å². The lowest BCUT2D eigenvalue weighted by molar-refractivity contribution is 0.145. The number of pyridine rings is 1. The van der Waals surface area contributed by atoms with Gasteiger partial charge >= 0.3 is 0 Å². The molecule has 0 amide bonds. The standard InChI is InChI=1S/C17H22F2N4O2S/c1-22(12-6-4-3-5-7-12)16-10-14(17(18)19)21-23(16)15-9-8-13(11-20-15)26(2,24)25/h8-12,17H,3-7H2,1-2H3. The molecular weight excluding hydrogens is 362 g/mol. The molecule has 0 spiro atoms. The van der Waals surface area contributed by atoms with E-state index < -0.39 is 16.3 Å². The lowest BCUT2D eigenvalue weighted by Gasteiger charge is -2.32. The molecule has 0 aromatic carbocycles. The number of nitrogens with zero attached hydrogens (tertiary/aromatic N) is 4. The van der Waals surface area contributed by atoms with E-state index in [1.54, 1.807) is 0 Å². The van der Waals surface area contributed by atoms with Crippen molar-refractivity contribution >= 4 is 15.7 Å². The maximum atomic E-state index is 13.2. The summed E-state index contributed by atoms with van der Waals surface area (Å²) in [6, 6.07) is 4.54. The van der Waals surface area contributed by atoms with E-state index in [0.717, 1.165) is 31.9 Å². The van der Waals surface area contributed by atoms with E-state index in [0.29, 0.717) is 11.6 Å². The molecule has 0 bridgehead atoms. The molecule has 2 heterocycles. The number of halogens is 2. The van der Waals surface area contributed by atoms with Crippen LogP contribution in [0.15, 0.2) is 29.3 Å². The zero-order valence-electron chi connectivity index (χ0n) is 14.8. The van der Waals surface area contributed by atoms with Crippen LogP contribution in [0, 0.1) is 0 Å². The summed E-state index contributed by atoms with van der Waals surface area (Å²) in [5.74, 6) is 0.841. The molecule has 9 heteroatoms. The van der Waals surface area contributed by atoms with Gasteiger partial charge in [0.2, 0.25) is 0 Å². The molecule has 0 atom stereocenters. The second-order valence-electron chi connectivity index (χ2n) is 6.67. The van der Waals surface area contributed by atoms with Crippen molar-refractivity contribution in [3.8, 4) is 5.82 Å². The highest BCUT2D eigenvalue weighted by Crippen LogP contribution is 2.30. The molecule has 2 aromatic rings. The Bertz CT molecular complexity index is 859. The molecule has 1 aliphatic carbocycles. The van der Waals surface area contributed by atoms with Gasteiger partial charge in [0.25, 0.3) is 6.43 Å². The van der Waals surface area contributed by atoms with Crippen molar-refractivity contribution in [2.24, 2.45) is 0 Å². The molecule has 2 aromatic heterocycles. The van der Waals surface area contributed by atoms with E-state index in [9.17, 15) is 17.2 Å². The van der Waals surface area contributed by atoms with E-state index in [-0.39, 0.29) is 16.6 Å². The number of alkyl halides is 2. The Balaban J connectivity index is 2.00. The Morgan fingerprint density at radius 1 is 1.23 bits per heavy atom. The molecule has 1 aliphatic rings. The number of aromatic nitrogens is 3. The quantitative estimate of drug-likeness (QED) is 0.791. The van der Waals surface area contributed by atoms with E-state index in [1.165, 1.54) is 35.5 Å². The van der Waals surface area contributed by atoms with Gasteiger partial charge < -0.3 is 4.90 Å². The van der Waals surface area contributed by atoms with Gasteiger partial charge in [0.05, 0.1) is 4.90 Å². The van der Waals surface area contributed by atoms with Crippen LogP contribution in [0.4, 0.5) is 14.6 Å². The van der Waals surface area contributed by atoms with Crippen molar-refractivity contribution in [1.29, 1.82) is 0 Å². The lowest BCUT2D eigenvalue weighted by Crippen LogP contribution is -2.34. The second-order valence-corrected chi connectivity index (χ2v) is 8.68. The van der Waals surface area contributed by atoms with Crippen LogP contribution in [-0.4, -0.2) is 42.5 Å². The van der Waals surface area contributed by atoms with Crippen molar-refractivity contribution in [3.63, 3.8) is 0 Å². The van der Waals surface area contributed by atoms with Crippen LogP contribution in [0.3, 0.4) is 0 Å². The molecule has 3 rings (SSSR count). The largest absolute Gasteiger partial charge is 0.357 e. The van der Waals surface area contributed by atoms with Crippen molar-refractivity contribution in [1.82, 2.24) is 14.8 Å². The summed E-state index contributed by atoms with van der Waals surface area (Å²) in [5.41, 5.74) is -0.323. The SMILES string of the molecule is CN(c1cc(C(F)F)nn1-c1ccc(S(C)(=O)=O)cn1)C1CCCCC1. The van der Waals surface area contributed by atoms with Gasteiger partial charge in [0, 0.05) is 31.6 Å². The second kappa shape index (κ2) is 7.30. The fourth-order valence-corrected chi connectivity index (χ4v) is 3.85. The minimum Gasteiger partial charge on any atom is -0.357 e. The fraction of sp³-hybridized carbons (Fsp3) is 0.529. The summed E-state index contributed by atoms with van der Waals surface area (Å²) in [7, 11) is -1.50. The van der Waals surface area contributed by atoms with Gasteiger partial charge in [-0.1, -0.05) is 19.3 Å². The number of hydrogen-bond donors (Lipinski definition) is 0. The number of anilines is 1. The van der Waals surface area contributed by atoms with Gasteiger partial charge in [-0.2, -0.15) is 9.78 Å². The van der Waals surface area contributed by atoms with Crippen molar-refractivity contribution in [2.75, 3.05) is 18.2 Å². The first kappa shape index (κ1) is 18.8. The normalized spacial score (nSPS) is 16.2. The highest BCUT2D eigenvalue weighted by Gasteiger charge is 2.25. The molecule has 0 aliphatic heterocycles. The van der Waals surface area contributed by atoms with E-state index in [2.05, 4.69) is 10.1 Å². The summed E-state index contributed by atoms with van der Waals surface area (Å²) in [4.78, 5) is 6.18. The molecule has 26 heavy (non-hydrogen) atoms. The summed E-state index contributed by atoms with van der Waals surface area (Å²) in [6.07, 6.45) is 5.06.